The minimum Gasteiger partial charge on any atom is -0.349 e. The molecule has 0 saturated carbocycles. The second kappa shape index (κ2) is 8.22. The van der Waals surface area contributed by atoms with E-state index >= 15 is 0 Å². The Bertz CT molecular complexity index is 1090. The maximum Gasteiger partial charge on any atom is 0.232 e. The average molecular weight is 410 g/mol. The highest BCUT2D eigenvalue weighted by molar-refractivity contribution is 7.22. The van der Waals surface area contributed by atoms with Gasteiger partial charge in [0.15, 0.2) is 11.0 Å². The van der Waals surface area contributed by atoms with Crippen molar-refractivity contribution >= 4 is 26.7 Å². The first-order valence-electron chi connectivity index (χ1n) is 9.44. The molecule has 150 valence electrons. The summed E-state index contributed by atoms with van der Waals surface area (Å²) in [5.74, 6) is 1.39. The van der Waals surface area contributed by atoms with Crippen molar-refractivity contribution in [2.75, 3.05) is 18.5 Å². The maximum absolute atomic E-state index is 5.31. The molecule has 4 rings (SSSR count). The molecular formula is C20H23N7OS. The highest BCUT2D eigenvalue weighted by Crippen LogP contribution is 2.29. The number of anilines is 1. The van der Waals surface area contributed by atoms with E-state index in [0.717, 1.165) is 39.0 Å². The minimum atomic E-state index is -0.125. The number of benzene rings is 1. The summed E-state index contributed by atoms with van der Waals surface area (Å²) in [6, 6.07) is 6.13. The van der Waals surface area contributed by atoms with Gasteiger partial charge in [-0.2, -0.15) is 4.98 Å². The summed E-state index contributed by atoms with van der Waals surface area (Å²) < 4.78 is 6.42. The largest absolute Gasteiger partial charge is 0.349 e. The molecule has 0 fully saturated rings. The molecule has 0 aliphatic rings. The first-order valence-corrected chi connectivity index (χ1v) is 10.3. The van der Waals surface area contributed by atoms with E-state index in [4.69, 9.17) is 4.52 Å². The summed E-state index contributed by atoms with van der Waals surface area (Å²) in [6.45, 7) is 7.53. The van der Waals surface area contributed by atoms with Crippen LogP contribution in [0.1, 0.15) is 32.5 Å². The minimum absolute atomic E-state index is 0.125. The molecule has 0 aliphatic carbocycles. The molecule has 0 radical (unpaired) electrons. The molecule has 8 nitrogen and oxygen atoms in total. The van der Waals surface area contributed by atoms with Crippen LogP contribution in [0.4, 0.5) is 5.13 Å². The van der Waals surface area contributed by atoms with Crippen molar-refractivity contribution in [2.45, 2.75) is 32.6 Å². The first-order chi connectivity index (χ1) is 14.0. The van der Waals surface area contributed by atoms with Crippen LogP contribution in [0.3, 0.4) is 0 Å². The third kappa shape index (κ3) is 4.75. The van der Waals surface area contributed by atoms with Crippen LogP contribution >= 0.6 is 11.3 Å². The Balaban J connectivity index is 1.29. The number of nitrogens with zero attached hydrogens (tertiary/aromatic N) is 5. The maximum atomic E-state index is 5.31. The fraction of sp³-hybridized carbons (Fsp3) is 0.350. The lowest BCUT2D eigenvalue weighted by atomic mass is 9.97. The summed E-state index contributed by atoms with van der Waals surface area (Å²) in [5, 5.41) is 11.5. The van der Waals surface area contributed by atoms with Crippen LogP contribution < -0.4 is 10.6 Å². The zero-order valence-electron chi connectivity index (χ0n) is 16.6. The van der Waals surface area contributed by atoms with Crippen molar-refractivity contribution in [1.82, 2.24) is 30.4 Å². The Morgan fingerprint density at radius 2 is 2.03 bits per heavy atom. The van der Waals surface area contributed by atoms with E-state index in [-0.39, 0.29) is 5.41 Å². The van der Waals surface area contributed by atoms with E-state index in [1.807, 2.05) is 12.1 Å². The molecule has 1 aromatic carbocycles. The molecule has 29 heavy (non-hydrogen) atoms. The Morgan fingerprint density at radius 3 is 2.79 bits per heavy atom. The number of aromatic nitrogens is 5. The first kappa shape index (κ1) is 19.4. The van der Waals surface area contributed by atoms with Crippen LogP contribution in [0.5, 0.6) is 0 Å². The van der Waals surface area contributed by atoms with Crippen LogP contribution in [0.2, 0.25) is 0 Å². The predicted molar refractivity (Wildman–Crippen MR) is 114 cm³/mol. The van der Waals surface area contributed by atoms with Gasteiger partial charge in [0, 0.05) is 36.3 Å². The van der Waals surface area contributed by atoms with E-state index in [1.54, 1.807) is 29.9 Å². The average Bonchev–Trinajstić information content (AvgIpc) is 3.34. The Morgan fingerprint density at radius 1 is 1.14 bits per heavy atom. The number of hydrogen-bond donors (Lipinski definition) is 2. The third-order valence-corrected chi connectivity index (χ3v) is 5.22. The van der Waals surface area contributed by atoms with Crippen molar-refractivity contribution in [1.29, 1.82) is 0 Å². The lowest BCUT2D eigenvalue weighted by Gasteiger charge is -2.10. The van der Waals surface area contributed by atoms with Crippen molar-refractivity contribution < 1.29 is 4.52 Å². The van der Waals surface area contributed by atoms with Gasteiger partial charge in [0.1, 0.15) is 0 Å². The Hall–Kier alpha value is -2.91. The van der Waals surface area contributed by atoms with E-state index in [1.165, 1.54) is 0 Å². The SMILES string of the molecule is CC(C)(C)c1nc(CCNCNc2nc3ccc(-c4cnccn4)cc3s2)no1. The highest BCUT2D eigenvalue weighted by atomic mass is 32.1. The summed E-state index contributed by atoms with van der Waals surface area (Å²) in [5.41, 5.74) is 2.73. The quantitative estimate of drug-likeness (QED) is 0.352. The molecule has 0 unspecified atom stereocenters. The van der Waals surface area contributed by atoms with Gasteiger partial charge >= 0.3 is 0 Å². The van der Waals surface area contributed by atoms with Crippen LogP contribution in [0.25, 0.3) is 21.5 Å². The topological polar surface area (TPSA) is 102 Å². The monoisotopic (exact) mass is 409 g/mol. The van der Waals surface area contributed by atoms with E-state index in [9.17, 15) is 0 Å². The number of rotatable bonds is 7. The van der Waals surface area contributed by atoms with Gasteiger partial charge < -0.3 is 9.84 Å². The van der Waals surface area contributed by atoms with Gasteiger partial charge in [-0.15, -0.1) is 0 Å². The fourth-order valence-corrected chi connectivity index (χ4v) is 3.60. The molecule has 0 saturated heterocycles. The molecule has 0 aliphatic heterocycles. The smallest absolute Gasteiger partial charge is 0.232 e. The molecule has 3 heterocycles. The second-order valence-corrected chi connectivity index (χ2v) is 8.69. The lowest BCUT2D eigenvalue weighted by Crippen LogP contribution is -2.24. The number of thiazole rings is 1. The zero-order chi connectivity index (χ0) is 20.3. The number of fused-ring (bicyclic) bond motifs is 1. The normalized spacial score (nSPS) is 11.8. The second-order valence-electron chi connectivity index (χ2n) is 7.66. The van der Waals surface area contributed by atoms with Crippen molar-refractivity contribution in [3.05, 3.63) is 48.5 Å². The van der Waals surface area contributed by atoms with Crippen LogP contribution in [0, 0.1) is 0 Å². The van der Waals surface area contributed by atoms with Gasteiger partial charge in [-0.3, -0.25) is 15.3 Å². The predicted octanol–water partition coefficient (Wildman–Crippen LogP) is 3.64. The van der Waals surface area contributed by atoms with Crippen molar-refractivity contribution in [3.8, 4) is 11.3 Å². The van der Waals surface area contributed by atoms with Crippen LogP contribution in [-0.2, 0) is 11.8 Å². The summed E-state index contributed by atoms with van der Waals surface area (Å²) >= 11 is 1.62. The summed E-state index contributed by atoms with van der Waals surface area (Å²) in [4.78, 5) is 17.5. The van der Waals surface area contributed by atoms with E-state index < -0.39 is 0 Å². The van der Waals surface area contributed by atoms with Gasteiger partial charge in [-0.1, -0.05) is 43.3 Å². The molecule has 0 spiro atoms. The number of hydrogen-bond acceptors (Lipinski definition) is 9. The highest BCUT2D eigenvalue weighted by Gasteiger charge is 2.21. The molecule has 0 bridgehead atoms. The zero-order valence-corrected chi connectivity index (χ0v) is 17.5. The number of nitrogens with one attached hydrogen (secondary N) is 2. The van der Waals surface area contributed by atoms with Crippen LogP contribution in [-0.4, -0.2) is 38.3 Å². The van der Waals surface area contributed by atoms with Gasteiger partial charge in [-0.05, 0) is 12.1 Å². The molecule has 2 N–H and O–H groups in total. The third-order valence-electron chi connectivity index (χ3n) is 4.25. The molecule has 0 amide bonds. The molecule has 9 heteroatoms. The molecule has 4 aromatic rings. The van der Waals surface area contributed by atoms with Gasteiger partial charge in [0.25, 0.3) is 0 Å². The van der Waals surface area contributed by atoms with Gasteiger partial charge in [-0.25, -0.2) is 4.98 Å². The Labute approximate surface area is 172 Å². The van der Waals surface area contributed by atoms with Crippen LogP contribution in [0.15, 0.2) is 41.3 Å². The Kier molecular flexibility index (Phi) is 5.50. The summed E-state index contributed by atoms with van der Waals surface area (Å²) in [6.07, 6.45) is 5.84. The van der Waals surface area contributed by atoms with Gasteiger partial charge in [0.2, 0.25) is 5.89 Å². The summed E-state index contributed by atoms with van der Waals surface area (Å²) in [7, 11) is 0. The van der Waals surface area contributed by atoms with E-state index in [0.29, 0.717) is 19.0 Å². The van der Waals surface area contributed by atoms with Gasteiger partial charge in [0.05, 0.1) is 28.8 Å². The standard InChI is InChI=1S/C20H23N7OS/c1-20(2,3)18-26-17(27-28-18)6-7-22-12-24-19-25-14-5-4-13(10-16(14)29-19)15-11-21-8-9-23-15/h4-5,8-11,22H,6-7,12H2,1-3H3,(H,24,25). The fourth-order valence-electron chi connectivity index (χ4n) is 2.69. The molecule has 0 atom stereocenters. The lowest BCUT2D eigenvalue weighted by molar-refractivity contribution is 0.318. The molecular weight excluding hydrogens is 386 g/mol. The van der Waals surface area contributed by atoms with Crippen molar-refractivity contribution in [3.63, 3.8) is 0 Å². The molecule has 3 aromatic heterocycles. The van der Waals surface area contributed by atoms with Crippen molar-refractivity contribution in [2.24, 2.45) is 0 Å². The van der Waals surface area contributed by atoms with E-state index in [2.05, 4.69) is 62.6 Å².